The molecule has 0 aliphatic rings. The Morgan fingerprint density at radius 3 is 2.43 bits per heavy atom. The molecule has 3 rings (SSSR count). The van der Waals surface area contributed by atoms with Crippen LogP contribution in [0.5, 0.6) is 0 Å². The molecule has 3 aromatic rings. The number of benzene rings is 1. The molecule has 0 aliphatic heterocycles. The van der Waals surface area contributed by atoms with Crippen LogP contribution in [0, 0.1) is 13.8 Å². The Labute approximate surface area is 185 Å². The lowest BCUT2D eigenvalue weighted by Gasteiger charge is -2.24. The van der Waals surface area contributed by atoms with Crippen LogP contribution in [-0.2, 0) is 0 Å². The van der Waals surface area contributed by atoms with Gasteiger partial charge in [-0.3, -0.25) is 9.69 Å². The maximum absolute atomic E-state index is 13.2. The average molecular weight is 458 g/mol. The molecule has 152 valence electrons. The van der Waals surface area contributed by atoms with E-state index in [1.54, 1.807) is 28.4 Å². The van der Waals surface area contributed by atoms with Gasteiger partial charge in [-0.2, -0.15) is 0 Å². The Hall–Kier alpha value is -1.18. The number of nitrogens with zero attached hydrogens (tertiary/aromatic N) is 3. The third-order valence-electron chi connectivity index (χ3n) is 4.60. The zero-order valence-electron chi connectivity index (χ0n) is 16.5. The average Bonchev–Trinajstić information content (AvgIpc) is 3.25. The molecule has 0 fully saturated rings. The highest BCUT2D eigenvalue weighted by molar-refractivity contribution is 7.22. The molecule has 0 aliphatic carbocycles. The third kappa shape index (κ3) is 5.05. The van der Waals surface area contributed by atoms with Crippen molar-refractivity contribution in [3.05, 3.63) is 44.6 Å². The fourth-order valence-corrected chi connectivity index (χ4v) is 5.14. The van der Waals surface area contributed by atoms with Gasteiger partial charge in [0.05, 0.1) is 19.4 Å². The first kappa shape index (κ1) is 23.1. The Morgan fingerprint density at radius 2 is 1.82 bits per heavy atom. The zero-order chi connectivity index (χ0) is 19.6. The quantitative estimate of drug-likeness (QED) is 0.433. The number of fused-ring (bicyclic) bond motifs is 1. The van der Waals surface area contributed by atoms with Crippen molar-refractivity contribution >= 4 is 67.9 Å². The van der Waals surface area contributed by atoms with E-state index < -0.39 is 0 Å². The maximum atomic E-state index is 13.2. The van der Waals surface area contributed by atoms with Gasteiger partial charge in [0.15, 0.2) is 5.13 Å². The van der Waals surface area contributed by atoms with Crippen molar-refractivity contribution < 1.29 is 4.79 Å². The number of aromatic nitrogens is 1. The minimum Gasteiger partial charge on any atom is -0.302 e. The smallest absolute Gasteiger partial charge is 0.270 e. The summed E-state index contributed by atoms with van der Waals surface area (Å²) in [7, 11) is 0. The van der Waals surface area contributed by atoms with E-state index >= 15 is 0 Å². The molecule has 0 saturated heterocycles. The Kier molecular flexibility index (Phi) is 8.28. The van der Waals surface area contributed by atoms with E-state index in [4.69, 9.17) is 16.6 Å². The van der Waals surface area contributed by atoms with Gasteiger partial charge in [-0.15, -0.1) is 23.7 Å². The number of thiazole rings is 1. The predicted octanol–water partition coefficient (Wildman–Crippen LogP) is 6.04. The van der Waals surface area contributed by atoms with Crippen molar-refractivity contribution in [1.29, 1.82) is 0 Å². The second-order valence-corrected chi connectivity index (χ2v) is 9.21. The van der Waals surface area contributed by atoms with Crippen LogP contribution >= 0.6 is 46.7 Å². The summed E-state index contributed by atoms with van der Waals surface area (Å²) >= 11 is 8.96. The van der Waals surface area contributed by atoms with Gasteiger partial charge in [0.25, 0.3) is 5.91 Å². The van der Waals surface area contributed by atoms with E-state index in [-0.39, 0.29) is 18.3 Å². The number of halogens is 2. The lowest BCUT2D eigenvalue weighted by molar-refractivity contribution is 0.0987. The number of carbonyl (C=O) groups excluding carboxylic acids is 1. The van der Waals surface area contributed by atoms with Crippen LogP contribution in [0.3, 0.4) is 0 Å². The van der Waals surface area contributed by atoms with E-state index in [0.29, 0.717) is 15.8 Å². The lowest BCUT2D eigenvalue weighted by atomic mass is 10.1. The Balaban J connectivity index is 0.00000280. The van der Waals surface area contributed by atoms with Crippen molar-refractivity contribution in [2.75, 3.05) is 31.1 Å². The van der Waals surface area contributed by atoms with Crippen LogP contribution in [0.15, 0.2) is 24.3 Å². The molecular formula is C20H25Cl2N3OS2. The van der Waals surface area contributed by atoms with Crippen LogP contribution < -0.4 is 4.90 Å². The van der Waals surface area contributed by atoms with E-state index in [9.17, 15) is 4.79 Å². The van der Waals surface area contributed by atoms with E-state index in [0.717, 1.165) is 35.0 Å². The van der Waals surface area contributed by atoms with E-state index in [1.165, 1.54) is 22.5 Å². The molecule has 0 N–H and O–H groups in total. The van der Waals surface area contributed by atoms with Gasteiger partial charge in [0, 0.05) is 13.1 Å². The summed E-state index contributed by atoms with van der Waals surface area (Å²) in [6.45, 7) is 11.8. The van der Waals surface area contributed by atoms with Gasteiger partial charge in [-0.25, -0.2) is 4.98 Å². The lowest BCUT2D eigenvalue weighted by Crippen LogP contribution is -2.38. The topological polar surface area (TPSA) is 36.4 Å². The second-order valence-electron chi connectivity index (χ2n) is 6.51. The number of thiophene rings is 1. The molecule has 1 amide bonds. The number of anilines is 1. The fraction of sp³-hybridized carbons (Fsp3) is 0.400. The van der Waals surface area contributed by atoms with Crippen molar-refractivity contribution in [1.82, 2.24) is 9.88 Å². The Morgan fingerprint density at radius 1 is 1.11 bits per heavy atom. The zero-order valence-corrected chi connectivity index (χ0v) is 19.7. The van der Waals surface area contributed by atoms with Gasteiger partial charge in [0.2, 0.25) is 0 Å². The number of rotatable bonds is 7. The predicted molar refractivity (Wildman–Crippen MR) is 125 cm³/mol. The summed E-state index contributed by atoms with van der Waals surface area (Å²) in [6, 6.07) is 7.80. The van der Waals surface area contributed by atoms with Gasteiger partial charge in [-0.05, 0) is 56.3 Å². The minimum absolute atomic E-state index is 0. The summed E-state index contributed by atoms with van der Waals surface area (Å²) < 4.78 is 1.76. The molecule has 28 heavy (non-hydrogen) atoms. The highest BCUT2D eigenvalue weighted by Gasteiger charge is 2.23. The van der Waals surface area contributed by atoms with Crippen LogP contribution in [0.2, 0.25) is 4.34 Å². The molecule has 4 nitrogen and oxygen atoms in total. The second kappa shape index (κ2) is 10.0. The number of hydrogen-bond acceptors (Lipinski definition) is 5. The number of aryl methyl sites for hydroxylation is 2. The molecule has 0 unspecified atom stereocenters. The van der Waals surface area contributed by atoms with Crippen LogP contribution in [0.4, 0.5) is 5.13 Å². The molecule has 0 spiro atoms. The molecule has 0 bridgehead atoms. The van der Waals surface area contributed by atoms with E-state index in [1.807, 2.05) is 0 Å². The SMILES string of the molecule is CCN(CC)CCN(C(=O)c1ccc(Cl)s1)c1nc2cc(C)cc(C)c2s1.Cl. The highest BCUT2D eigenvalue weighted by atomic mass is 35.5. The summed E-state index contributed by atoms with van der Waals surface area (Å²) in [5.41, 5.74) is 3.34. The molecule has 0 atom stereocenters. The molecule has 8 heteroatoms. The molecular weight excluding hydrogens is 433 g/mol. The number of likely N-dealkylation sites (N-methyl/N-ethyl adjacent to an activating group) is 1. The molecule has 1 aromatic carbocycles. The van der Waals surface area contributed by atoms with Crippen molar-refractivity contribution in [2.45, 2.75) is 27.7 Å². The summed E-state index contributed by atoms with van der Waals surface area (Å²) in [6.07, 6.45) is 0. The van der Waals surface area contributed by atoms with Gasteiger partial charge in [-0.1, -0.05) is 42.9 Å². The Bertz CT molecular complexity index is 950. The normalized spacial score (nSPS) is 11.1. The van der Waals surface area contributed by atoms with Crippen molar-refractivity contribution in [3.8, 4) is 0 Å². The monoisotopic (exact) mass is 457 g/mol. The summed E-state index contributed by atoms with van der Waals surface area (Å²) in [5.74, 6) is -0.0347. The van der Waals surface area contributed by atoms with Crippen molar-refractivity contribution in [3.63, 3.8) is 0 Å². The summed E-state index contributed by atoms with van der Waals surface area (Å²) in [4.78, 5) is 22.8. The van der Waals surface area contributed by atoms with Gasteiger partial charge in [0.1, 0.15) is 0 Å². The number of amides is 1. The van der Waals surface area contributed by atoms with E-state index in [2.05, 4.69) is 44.7 Å². The van der Waals surface area contributed by atoms with Gasteiger partial charge < -0.3 is 4.90 Å². The van der Waals surface area contributed by atoms with Gasteiger partial charge >= 0.3 is 0 Å². The van der Waals surface area contributed by atoms with Crippen LogP contribution in [-0.4, -0.2) is 42.0 Å². The highest BCUT2D eigenvalue weighted by Crippen LogP contribution is 2.33. The third-order valence-corrected chi connectivity index (χ3v) is 7.05. The summed E-state index contributed by atoms with van der Waals surface area (Å²) in [5, 5.41) is 0.750. The standard InChI is InChI=1S/C20H24ClN3OS2.ClH/c1-5-23(6-2)9-10-24(19(25)16-7-8-17(21)26-16)20-22-15-12-13(3)11-14(4)18(15)27-20;/h7-8,11-12H,5-6,9-10H2,1-4H3;1H. The molecule has 2 aromatic heterocycles. The first-order valence-corrected chi connectivity index (χ1v) is 11.1. The number of hydrogen-bond donors (Lipinski definition) is 0. The first-order chi connectivity index (χ1) is 12.9. The maximum Gasteiger partial charge on any atom is 0.270 e. The van der Waals surface area contributed by atoms with Crippen LogP contribution in [0.1, 0.15) is 34.6 Å². The van der Waals surface area contributed by atoms with Crippen LogP contribution in [0.25, 0.3) is 10.2 Å². The fourth-order valence-electron chi connectivity index (χ4n) is 3.11. The molecule has 2 heterocycles. The molecule has 0 saturated carbocycles. The largest absolute Gasteiger partial charge is 0.302 e. The molecule has 0 radical (unpaired) electrons. The number of carbonyl (C=O) groups is 1. The van der Waals surface area contributed by atoms with Crippen molar-refractivity contribution in [2.24, 2.45) is 0 Å². The minimum atomic E-state index is -0.0347. The first-order valence-electron chi connectivity index (χ1n) is 9.10.